The highest BCUT2D eigenvalue weighted by atomic mass is 32.2. The molecule has 0 saturated carbocycles. The van der Waals surface area contributed by atoms with Crippen LogP contribution < -0.4 is 4.74 Å². The molecule has 0 bridgehead atoms. The van der Waals surface area contributed by atoms with Gasteiger partial charge in [-0.1, -0.05) is 30.3 Å². The Morgan fingerprint density at radius 2 is 1.52 bits per heavy atom. The van der Waals surface area contributed by atoms with E-state index in [0.29, 0.717) is 11.3 Å². The topological polar surface area (TPSA) is 87.5 Å². The van der Waals surface area contributed by atoms with Gasteiger partial charge in [-0.15, -0.1) is 0 Å². The molecule has 0 fully saturated rings. The second kappa shape index (κ2) is 9.13. The van der Waals surface area contributed by atoms with E-state index < -0.39 is 22.5 Å². The molecule has 0 aliphatic heterocycles. The largest absolute Gasteiger partial charge is 0.426 e. The number of ether oxygens (including phenoxy) is 1. The van der Waals surface area contributed by atoms with Crippen molar-refractivity contribution >= 4 is 16.0 Å². The van der Waals surface area contributed by atoms with Crippen molar-refractivity contribution in [3.63, 3.8) is 0 Å². The first kappa shape index (κ1) is 22.2. The zero-order valence-electron chi connectivity index (χ0n) is 17.5. The number of rotatable bonds is 6. The molecule has 158 valence electrons. The molecule has 0 heterocycles. The number of hydrogen-bond acceptors (Lipinski definition) is 5. The summed E-state index contributed by atoms with van der Waals surface area (Å²) in [5.41, 5.74) is 4.26. The van der Waals surface area contributed by atoms with Gasteiger partial charge in [0.05, 0.1) is 16.5 Å². The summed E-state index contributed by atoms with van der Waals surface area (Å²) in [5.74, 6) is -0.361. The van der Waals surface area contributed by atoms with Gasteiger partial charge in [0.2, 0.25) is 10.0 Å². The summed E-state index contributed by atoms with van der Waals surface area (Å²) < 4.78 is 31.7. The lowest BCUT2D eigenvalue weighted by Crippen LogP contribution is -2.34. The van der Waals surface area contributed by atoms with Crippen LogP contribution in [0.3, 0.4) is 0 Å². The van der Waals surface area contributed by atoms with Crippen LogP contribution >= 0.6 is 0 Å². The maximum atomic E-state index is 12.7. The molecule has 0 N–H and O–H groups in total. The highest BCUT2D eigenvalue weighted by Gasteiger charge is 2.24. The minimum Gasteiger partial charge on any atom is -0.426 e. The van der Waals surface area contributed by atoms with Gasteiger partial charge in [-0.25, -0.2) is 8.42 Å². The van der Waals surface area contributed by atoms with Gasteiger partial charge in [0.25, 0.3) is 0 Å². The fourth-order valence-corrected chi connectivity index (χ4v) is 4.14. The zero-order valence-corrected chi connectivity index (χ0v) is 18.3. The Kier molecular flexibility index (Phi) is 6.54. The Hall–Kier alpha value is -3.47. The van der Waals surface area contributed by atoms with Crippen molar-refractivity contribution in [3.05, 3.63) is 83.4 Å². The van der Waals surface area contributed by atoms with Crippen LogP contribution in [0.15, 0.2) is 71.6 Å². The van der Waals surface area contributed by atoms with E-state index in [9.17, 15) is 13.2 Å². The van der Waals surface area contributed by atoms with E-state index in [1.165, 1.54) is 13.1 Å². The standard InChI is InChI=1S/C24H22N2O4S/c1-17-4-13-23(14-18(17)2)31(28,29)26(3)16-24(27)30-22-11-9-21(10-12-22)20-7-5-19(15-25)6-8-20/h4-14H,16H2,1-3H3. The summed E-state index contributed by atoms with van der Waals surface area (Å²) in [6.45, 7) is 3.33. The summed E-state index contributed by atoms with van der Waals surface area (Å²) in [4.78, 5) is 12.4. The highest BCUT2D eigenvalue weighted by Crippen LogP contribution is 2.23. The van der Waals surface area contributed by atoms with Gasteiger partial charge in [0.1, 0.15) is 12.3 Å². The smallest absolute Gasteiger partial charge is 0.326 e. The van der Waals surface area contributed by atoms with Gasteiger partial charge in [-0.3, -0.25) is 4.79 Å². The average Bonchev–Trinajstić information content (AvgIpc) is 2.76. The van der Waals surface area contributed by atoms with Crippen LogP contribution in [0.5, 0.6) is 5.75 Å². The van der Waals surface area contributed by atoms with Crippen LogP contribution in [0.25, 0.3) is 11.1 Å². The minimum atomic E-state index is -3.80. The Balaban J connectivity index is 1.65. The quantitative estimate of drug-likeness (QED) is 0.431. The fourth-order valence-electron chi connectivity index (χ4n) is 2.94. The van der Waals surface area contributed by atoms with Gasteiger partial charge in [-0.2, -0.15) is 9.57 Å². The summed E-state index contributed by atoms with van der Waals surface area (Å²) in [7, 11) is -2.46. The summed E-state index contributed by atoms with van der Waals surface area (Å²) in [6, 6.07) is 20.9. The van der Waals surface area contributed by atoms with Crippen molar-refractivity contribution in [3.8, 4) is 22.9 Å². The van der Waals surface area contributed by atoms with E-state index in [1.54, 1.807) is 48.5 Å². The summed E-state index contributed by atoms with van der Waals surface area (Å²) >= 11 is 0. The molecule has 0 aromatic heterocycles. The normalized spacial score (nSPS) is 11.2. The van der Waals surface area contributed by atoms with E-state index in [4.69, 9.17) is 10.00 Å². The number of benzene rings is 3. The van der Waals surface area contributed by atoms with Crippen LogP contribution in [0.1, 0.15) is 16.7 Å². The molecule has 3 aromatic rings. The fraction of sp³-hybridized carbons (Fsp3) is 0.167. The lowest BCUT2D eigenvalue weighted by atomic mass is 10.0. The van der Waals surface area contributed by atoms with Crippen molar-refractivity contribution < 1.29 is 17.9 Å². The number of carbonyl (C=O) groups is 1. The molecule has 0 aliphatic carbocycles. The number of esters is 1. The third-order valence-electron chi connectivity index (χ3n) is 4.97. The molecule has 0 amide bonds. The van der Waals surface area contributed by atoms with Crippen molar-refractivity contribution in [1.29, 1.82) is 5.26 Å². The third kappa shape index (κ3) is 5.18. The number of likely N-dealkylation sites (N-methyl/N-ethyl adjacent to an activating group) is 1. The average molecular weight is 435 g/mol. The molecule has 0 unspecified atom stereocenters. The second-order valence-electron chi connectivity index (χ2n) is 7.19. The minimum absolute atomic E-state index is 0.137. The molecule has 3 rings (SSSR count). The Morgan fingerprint density at radius 1 is 0.935 bits per heavy atom. The second-order valence-corrected chi connectivity index (χ2v) is 9.24. The van der Waals surface area contributed by atoms with Crippen LogP contribution in [-0.2, 0) is 14.8 Å². The van der Waals surface area contributed by atoms with Gasteiger partial charge < -0.3 is 4.74 Å². The van der Waals surface area contributed by atoms with Crippen LogP contribution in [0, 0.1) is 25.2 Å². The van der Waals surface area contributed by atoms with E-state index in [2.05, 4.69) is 6.07 Å². The highest BCUT2D eigenvalue weighted by molar-refractivity contribution is 7.89. The molecule has 31 heavy (non-hydrogen) atoms. The van der Waals surface area contributed by atoms with E-state index in [1.807, 2.05) is 26.0 Å². The van der Waals surface area contributed by atoms with Gasteiger partial charge in [0.15, 0.2) is 0 Å². The number of nitriles is 1. The van der Waals surface area contributed by atoms with Gasteiger partial charge >= 0.3 is 5.97 Å². The monoisotopic (exact) mass is 434 g/mol. The van der Waals surface area contributed by atoms with Crippen LogP contribution in [0.4, 0.5) is 0 Å². The third-order valence-corrected chi connectivity index (χ3v) is 6.77. The van der Waals surface area contributed by atoms with Gasteiger partial charge in [-0.05, 0) is 72.5 Å². The van der Waals surface area contributed by atoms with Crippen LogP contribution in [-0.4, -0.2) is 32.3 Å². The molecule has 0 atom stereocenters. The lowest BCUT2D eigenvalue weighted by Gasteiger charge is -2.17. The summed E-state index contributed by atoms with van der Waals surface area (Å²) in [6.07, 6.45) is 0. The number of sulfonamides is 1. The number of hydrogen-bond donors (Lipinski definition) is 0. The van der Waals surface area contributed by atoms with Crippen molar-refractivity contribution in [2.24, 2.45) is 0 Å². The first-order chi connectivity index (χ1) is 14.7. The summed E-state index contributed by atoms with van der Waals surface area (Å²) in [5, 5.41) is 8.88. The molecule has 0 saturated heterocycles. The number of aryl methyl sites for hydroxylation is 2. The Labute approximate surface area is 182 Å². The number of carbonyl (C=O) groups excluding carboxylic acids is 1. The number of nitrogens with zero attached hydrogens (tertiary/aromatic N) is 2. The lowest BCUT2D eigenvalue weighted by molar-refractivity contribution is -0.134. The van der Waals surface area contributed by atoms with Crippen molar-refractivity contribution in [1.82, 2.24) is 4.31 Å². The zero-order chi connectivity index (χ0) is 22.6. The predicted molar refractivity (Wildman–Crippen MR) is 118 cm³/mol. The molecule has 0 aliphatic rings. The molecular formula is C24H22N2O4S. The predicted octanol–water partition coefficient (Wildman–Crippen LogP) is 4.07. The SMILES string of the molecule is Cc1ccc(S(=O)(=O)N(C)CC(=O)Oc2ccc(-c3ccc(C#N)cc3)cc2)cc1C. The van der Waals surface area contributed by atoms with E-state index in [0.717, 1.165) is 26.6 Å². The van der Waals surface area contributed by atoms with E-state index >= 15 is 0 Å². The molecule has 6 nitrogen and oxygen atoms in total. The maximum absolute atomic E-state index is 12.7. The maximum Gasteiger partial charge on any atom is 0.326 e. The molecule has 3 aromatic carbocycles. The molecular weight excluding hydrogens is 412 g/mol. The Morgan fingerprint density at radius 3 is 2.06 bits per heavy atom. The first-order valence-electron chi connectivity index (χ1n) is 9.55. The molecule has 0 radical (unpaired) electrons. The molecule has 7 heteroatoms. The van der Waals surface area contributed by atoms with Gasteiger partial charge in [0, 0.05) is 7.05 Å². The Bertz CT molecular complexity index is 1240. The first-order valence-corrected chi connectivity index (χ1v) is 11.0. The van der Waals surface area contributed by atoms with Crippen molar-refractivity contribution in [2.75, 3.05) is 13.6 Å². The van der Waals surface area contributed by atoms with E-state index in [-0.39, 0.29) is 4.90 Å². The van der Waals surface area contributed by atoms with Crippen LogP contribution in [0.2, 0.25) is 0 Å². The molecule has 0 spiro atoms. The van der Waals surface area contributed by atoms with Crippen molar-refractivity contribution in [2.45, 2.75) is 18.7 Å².